The van der Waals surface area contributed by atoms with E-state index in [1.54, 1.807) is 0 Å². The van der Waals surface area contributed by atoms with E-state index < -0.39 is 0 Å². The number of hydrogen-bond donors (Lipinski definition) is 2. The third-order valence-electron chi connectivity index (χ3n) is 4.32. The van der Waals surface area contributed by atoms with Gasteiger partial charge in [-0.3, -0.25) is 0 Å². The molecule has 18 heavy (non-hydrogen) atoms. The minimum atomic E-state index is 0.763. The third kappa shape index (κ3) is 4.29. The summed E-state index contributed by atoms with van der Waals surface area (Å²) in [4.78, 5) is 0. The first-order valence-corrected chi connectivity index (χ1v) is 8.72. The lowest BCUT2D eigenvalue weighted by Gasteiger charge is -2.36. The molecule has 1 aliphatic heterocycles. The summed E-state index contributed by atoms with van der Waals surface area (Å²) in [5, 5.41) is 7.52. The van der Waals surface area contributed by atoms with Crippen molar-refractivity contribution in [1.29, 1.82) is 0 Å². The second-order valence-electron chi connectivity index (χ2n) is 5.58. The van der Waals surface area contributed by atoms with Gasteiger partial charge in [0, 0.05) is 30.1 Å². The second kappa shape index (κ2) is 8.23. The molecule has 1 saturated heterocycles. The monoisotopic (exact) mass is 268 g/mol. The quantitative estimate of drug-likeness (QED) is 0.548. The molecule has 0 aromatic carbocycles. The van der Waals surface area contributed by atoms with Crippen LogP contribution in [0.1, 0.15) is 38.5 Å². The van der Waals surface area contributed by atoms with E-state index in [1.165, 1.54) is 50.8 Å². The molecule has 2 nitrogen and oxygen atoms in total. The van der Waals surface area contributed by atoms with E-state index in [9.17, 15) is 0 Å². The van der Waals surface area contributed by atoms with Crippen molar-refractivity contribution in [2.24, 2.45) is 5.92 Å². The Kier molecular flexibility index (Phi) is 6.60. The van der Waals surface area contributed by atoms with Gasteiger partial charge in [0.1, 0.15) is 0 Å². The van der Waals surface area contributed by atoms with Crippen LogP contribution >= 0.6 is 11.8 Å². The number of rotatable bonds is 7. The summed E-state index contributed by atoms with van der Waals surface area (Å²) < 4.78 is 0. The fourth-order valence-corrected chi connectivity index (χ4v) is 4.05. The Balaban J connectivity index is 1.71. The zero-order valence-corrected chi connectivity index (χ0v) is 12.3. The third-order valence-corrected chi connectivity index (χ3v) is 5.29. The van der Waals surface area contributed by atoms with Crippen LogP contribution in [0, 0.1) is 5.92 Å². The molecule has 2 fully saturated rings. The maximum Gasteiger partial charge on any atom is 0.0111 e. The molecule has 0 aromatic heterocycles. The Bertz CT molecular complexity index is 239. The molecule has 0 spiro atoms. The van der Waals surface area contributed by atoms with E-state index in [4.69, 9.17) is 0 Å². The fraction of sp³-hybridized carbons (Fsp3) is 0.867. The topological polar surface area (TPSA) is 24.1 Å². The molecule has 2 aliphatic rings. The van der Waals surface area contributed by atoms with Crippen LogP contribution in [0.2, 0.25) is 0 Å². The Morgan fingerprint density at radius 2 is 2.11 bits per heavy atom. The molecule has 3 atom stereocenters. The van der Waals surface area contributed by atoms with Crippen molar-refractivity contribution in [2.45, 2.75) is 50.6 Å². The van der Waals surface area contributed by atoms with Crippen LogP contribution in [0.4, 0.5) is 0 Å². The summed E-state index contributed by atoms with van der Waals surface area (Å²) in [6.07, 6.45) is 10.4. The zero-order valence-electron chi connectivity index (χ0n) is 11.5. The van der Waals surface area contributed by atoms with Crippen LogP contribution in [0.3, 0.4) is 0 Å². The fourth-order valence-electron chi connectivity index (χ4n) is 3.45. The van der Waals surface area contributed by atoms with Gasteiger partial charge in [0.2, 0.25) is 0 Å². The van der Waals surface area contributed by atoms with Crippen LogP contribution in [-0.2, 0) is 0 Å². The van der Waals surface area contributed by atoms with E-state index in [0.717, 1.165) is 30.3 Å². The minimum absolute atomic E-state index is 0.763. The number of hydrogen-bond acceptors (Lipinski definition) is 3. The second-order valence-corrected chi connectivity index (χ2v) is 6.73. The molecule has 2 rings (SSSR count). The van der Waals surface area contributed by atoms with E-state index in [-0.39, 0.29) is 0 Å². The molecular formula is C15H28N2S. The van der Waals surface area contributed by atoms with Gasteiger partial charge in [0.15, 0.2) is 0 Å². The van der Waals surface area contributed by atoms with Crippen molar-refractivity contribution < 1.29 is 0 Å². The van der Waals surface area contributed by atoms with Gasteiger partial charge in [0.05, 0.1) is 0 Å². The maximum atomic E-state index is 3.81. The SMILES string of the molecule is C=CCSCCNC1CCCCC1C1CCCN1. The average molecular weight is 268 g/mol. The molecule has 0 aromatic rings. The van der Waals surface area contributed by atoms with Gasteiger partial charge >= 0.3 is 0 Å². The molecule has 1 heterocycles. The Hall–Kier alpha value is 0.01000. The van der Waals surface area contributed by atoms with Gasteiger partial charge in [0.25, 0.3) is 0 Å². The molecule has 1 aliphatic carbocycles. The first-order chi connectivity index (χ1) is 8.92. The Morgan fingerprint density at radius 3 is 2.89 bits per heavy atom. The van der Waals surface area contributed by atoms with Crippen LogP contribution in [-0.4, -0.2) is 36.7 Å². The summed E-state index contributed by atoms with van der Waals surface area (Å²) in [5.74, 6) is 3.18. The van der Waals surface area contributed by atoms with Crippen molar-refractivity contribution in [3.8, 4) is 0 Å². The molecule has 1 saturated carbocycles. The van der Waals surface area contributed by atoms with E-state index in [2.05, 4.69) is 17.2 Å². The van der Waals surface area contributed by atoms with Crippen LogP contribution in [0.25, 0.3) is 0 Å². The van der Waals surface area contributed by atoms with Crippen molar-refractivity contribution in [2.75, 3.05) is 24.6 Å². The van der Waals surface area contributed by atoms with Crippen molar-refractivity contribution in [3.05, 3.63) is 12.7 Å². The Labute approximate surface area is 116 Å². The molecule has 0 bridgehead atoms. The molecule has 3 heteroatoms. The lowest BCUT2D eigenvalue weighted by molar-refractivity contribution is 0.217. The first-order valence-electron chi connectivity index (χ1n) is 7.57. The maximum absolute atomic E-state index is 3.81. The van der Waals surface area contributed by atoms with Gasteiger partial charge in [-0.15, -0.1) is 6.58 Å². The van der Waals surface area contributed by atoms with Gasteiger partial charge in [-0.05, 0) is 38.1 Å². The highest BCUT2D eigenvalue weighted by Gasteiger charge is 2.32. The van der Waals surface area contributed by atoms with Gasteiger partial charge in [-0.1, -0.05) is 18.9 Å². The van der Waals surface area contributed by atoms with Crippen molar-refractivity contribution in [3.63, 3.8) is 0 Å². The summed E-state index contributed by atoms with van der Waals surface area (Å²) >= 11 is 1.98. The zero-order chi connectivity index (χ0) is 12.6. The highest BCUT2D eigenvalue weighted by Crippen LogP contribution is 2.30. The first kappa shape index (κ1) is 14.4. The smallest absolute Gasteiger partial charge is 0.0111 e. The van der Waals surface area contributed by atoms with Crippen molar-refractivity contribution >= 4 is 11.8 Å². The molecular weight excluding hydrogens is 240 g/mol. The molecule has 104 valence electrons. The lowest BCUT2D eigenvalue weighted by atomic mass is 9.79. The average Bonchev–Trinajstić information content (AvgIpc) is 2.93. The largest absolute Gasteiger partial charge is 0.314 e. The van der Waals surface area contributed by atoms with E-state index >= 15 is 0 Å². The van der Waals surface area contributed by atoms with Crippen LogP contribution in [0.5, 0.6) is 0 Å². The van der Waals surface area contributed by atoms with Crippen molar-refractivity contribution in [1.82, 2.24) is 10.6 Å². The van der Waals surface area contributed by atoms with Crippen LogP contribution in [0.15, 0.2) is 12.7 Å². The molecule has 0 amide bonds. The summed E-state index contributed by atoms with van der Waals surface area (Å²) in [5.41, 5.74) is 0. The summed E-state index contributed by atoms with van der Waals surface area (Å²) in [6, 6.07) is 1.56. The molecule has 3 unspecified atom stereocenters. The van der Waals surface area contributed by atoms with Crippen LogP contribution < -0.4 is 10.6 Å². The minimum Gasteiger partial charge on any atom is -0.314 e. The normalized spacial score (nSPS) is 32.6. The van der Waals surface area contributed by atoms with Gasteiger partial charge in [-0.2, -0.15) is 11.8 Å². The highest BCUT2D eigenvalue weighted by molar-refractivity contribution is 7.99. The Morgan fingerprint density at radius 1 is 1.22 bits per heavy atom. The summed E-state index contributed by atoms with van der Waals surface area (Å²) in [7, 11) is 0. The number of nitrogens with one attached hydrogen (secondary N) is 2. The molecule has 2 N–H and O–H groups in total. The van der Waals surface area contributed by atoms with E-state index in [1.807, 2.05) is 17.8 Å². The van der Waals surface area contributed by atoms with Gasteiger partial charge < -0.3 is 10.6 Å². The molecule has 0 radical (unpaired) electrons. The number of thioether (sulfide) groups is 1. The van der Waals surface area contributed by atoms with E-state index in [0.29, 0.717) is 0 Å². The predicted octanol–water partition coefficient (Wildman–Crippen LogP) is 2.81. The predicted molar refractivity (Wildman–Crippen MR) is 82.3 cm³/mol. The standard InChI is InChI=1S/C15H28N2S/c1-2-11-18-12-10-17-14-7-4-3-6-13(14)15-8-5-9-16-15/h2,13-17H,1,3-12H2. The van der Waals surface area contributed by atoms with Gasteiger partial charge in [-0.25, -0.2) is 0 Å². The summed E-state index contributed by atoms with van der Waals surface area (Å²) in [6.45, 7) is 6.16. The lowest BCUT2D eigenvalue weighted by Crippen LogP contribution is -2.47. The highest BCUT2D eigenvalue weighted by atomic mass is 32.2.